The van der Waals surface area contributed by atoms with Crippen LogP contribution in [0.5, 0.6) is 0 Å². The Morgan fingerprint density at radius 1 is 1.35 bits per heavy atom. The Balaban J connectivity index is 0.00000169. The van der Waals surface area contributed by atoms with Gasteiger partial charge < -0.3 is 10.2 Å². The average molecular weight is 414 g/mol. The lowest BCUT2D eigenvalue weighted by Crippen LogP contribution is -2.52. The second-order valence-electron chi connectivity index (χ2n) is 6.72. The summed E-state index contributed by atoms with van der Waals surface area (Å²) in [6.07, 6.45) is 1.24. The van der Waals surface area contributed by atoms with Gasteiger partial charge in [-0.25, -0.2) is 13.2 Å². The summed E-state index contributed by atoms with van der Waals surface area (Å²) in [5.41, 5.74) is 1.79. The van der Waals surface area contributed by atoms with Crippen molar-refractivity contribution >= 4 is 36.4 Å². The number of carbonyl (C=O) groups is 1. The lowest BCUT2D eigenvalue weighted by atomic mass is 10.0. The van der Waals surface area contributed by atoms with Gasteiger partial charge >= 0.3 is 0 Å². The van der Waals surface area contributed by atoms with E-state index in [0.29, 0.717) is 6.54 Å². The summed E-state index contributed by atoms with van der Waals surface area (Å²) in [6.45, 7) is 2.84. The third-order valence-electron chi connectivity index (χ3n) is 4.69. The van der Waals surface area contributed by atoms with Crippen LogP contribution in [0.4, 0.5) is 18.9 Å². The maximum Gasteiger partial charge on any atom is 0.262 e. The second-order valence-corrected chi connectivity index (χ2v) is 6.72. The molecule has 26 heavy (non-hydrogen) atoms. The quantitative estimate of drug-likeness (QED) is 0.800. The summed E-state index contributed by atoms with van der Waals surface area (Å²) in [7, 11) is 0. The van der Waals surface area contributed by atoms with E-state index in [1.54, 1.807) is 6.07 Å². The molecule has 0 radical (unpaired) electrons. The van der Waals surface area contributed by atoms with Gasteiger partial charge in [0.1, 0.15) is 5.82 Å². The minimum atomic E-state index is -2.81. The molecule has 0 aliphatic carbocycles. The van der Waals surface area contributed by atoms with Crippen molar-refractivity contribution in [3.8, 4) is 0 Å². The summed E-state index contributed by atoms with van der Waals surface area (Å²) in [6, 6.07) is 3.74. The van der Waals surface area contributed by atoms with Crippen LogP contribution >= 0.6 is 24.8 Å². The fraction of sp³-hybridized carbons (Fsp3) is 0.588. The summed E-state index contributed by atoms with van der Waals surface area (Å²) in [4.78, 5) is 14.3. The van der Waals surface area contributed by atoms with Gasteiger partial charge in [-0.2, -0.15) is 0 Å². The van der Waals surface area contributed by atoms with E-state index < -0.39 is 24.9 Å². The van der Waals surface area contributed by atoms with Gasteiger partial charge in [-0.1, -0.05) is 0 Å². The van der Waals surface area contributed by atoms with E-state index in [-0.39, 0.29) is 42.6 Å². The molecule has 2 fully saturated rings. The molecular weight excluding hydrogens is 390 g/mol. The van der Waals surface area contributed by atoms with Gasteiger partial charge in [-0.15, -0.1) is 24.8 Å². The van der Waals surface area contributed by atoms with Gasteiger partial charge in [0.2, 0.25) is 5.91 Å². The summed E-state index contributed by atoms with van der Waals surface area (Å²) in [5, 5.41) is 5.46. The molecule has 9 heteroatoms. The van der Waals surface area contributed by atoms with Gasteiger partial charge in [0, 0.05) is 31.2 Å². The van der Waals surface area contributed by atoms with Crippen LogP contribution in [0.25, 0.3) is 0 Å². The van der Waals surface area contributed by atoms with Gasteiger partial charge in [0.25, 0.3) is 5.92 Å². The van der Waals surface area contributed by atoms with Crippen molar-refractivity contribution in [3.63, 3.8) is 0 Å². The van der Waals surface area contributed by atoms with Gasteiger partial charge in [-0.05, 0) is 43.5 Å². The Morgan fingerprint density at radius 2 is 2.08 bits per heavy atom. The van der Waals surface area contributed by atoms with Crippen LogP contribution in [0.1, 0.15) is 24.8 Å². The number of nitrogens with one attached hydrogen (secondary N) is 2. The molecule has 0 bridgehead atoms. The molecular formula is C17H24Cl2F3N3O. The van der Waals surface area contributed by atoms with E-state index in [2.05, 4.69) is 15.5 Å². The molecule has 1 aromatic carbocycles. The summed E-state index contributed by atoms with van der Waals surface area (Å²) >= 11 is 0. The molecule has 2 unspecified atom stereocenters. The first-order chi connectivity index (χ1) is 11.3. The smallest absolute Gasteiger partial charge is 0.262 e. The monoisotopic (exact) mass is 413 g/mol. The Kier molecular flexibility index (Phi) is 8.04. The number of anilines is 1. The van der Waals surface area contributed by atoms with Gasteiger partial charge in [-0.3, -0.25) is 10.1 Å². The number of carbonyl (C=O) groups excluding carboxylic acids is 1. The van der Waals surface area contributed by atoms with Crippen molar-refractivity contribution in [1.29, 1.82) is 0 Å². The fourth-order valence-corrected chi connectivity index (χ4v) is 3.49. The SMILES string of the molecule is Cc1cc(F)ccc1N1CCCC(NC(=O)C2CC(F)(F)CN2)C1.Cl.Cl. The minimum Gasteiger partial charge on any atom is -0.369 e. The van der Waals surface area contributed by atoms with E-state index in [1.165, 1.54) is 12.1 Å². The number of nitrogens with zero attached hydrogens (tertiary/aromatic N) is 1. The molecule has 2 aliphatic heterocycles. The minimum absolute atomic E-state index is 0. The van der Waals surface area contributed by atoms with Crippen molar-refractivity contribution in [3.05, 3.63) is 29.6 Å². The molecule has 0 saturated carbocycles. The zero-order valence-corrected chi connectivity index (χ0v) is 16.1. The van der Waals surface area contributed by atoms with E-state index in [1.807, 2.05) is 6.92 Å². The first-order valence-corrected chi connectivity index (χ1v) is 8.27. The average Bonchev–Trinajstić information content (AvgIpc) is 2.88. The Morgan fingerprint density at radius 3 is 2.69 bits per heavy atom. The summed E-state index contributed by atoms with van der Waals surface area (Å²) in [5.74, 6) is -3.45. The molecule has 4 nitrogen and oxygen atoms in total. The number of halogens is 5. The topological polar surface area (TPSA) is 44.4 Å². The predicted octanol–water partition coefficient (Wildman–Crippen LogP) is 3.06. The first-order valence-electron chi connectivity index (χ1n) is 8.27. The van der Waals surface area contributed by atoms with Crippen molar-refractivity contribution in [1.82, 2.24) is 10.6 Å². The van der Waals surface area contributed by atoms with Crippen LogP contribution in [0.3, 0.4) is 0 Å². The van der Waals surface area contributed by atoms with Crippen molar-refractivity contribution < 1.29 is 18.0 Å². The van der Waals surface area contributed by atoms with Crippen LogP contribution in [-0.4, -0.2) is 43.5 Å². The van der Waals surface area contributed by atoms with Crippen molar-refractivity contribution in [2.24, 2.45) is 0 Å². The number of alkyl halides is 2. The molecule has 2 atom stereocenters. The second kappa shape index (κ2) is 9.15. The zero-order chi connectivity index (χ0) is 17.3. The lowest BCUT2D eigenvalue weighted by molar-refractivity contribution is -0.124. The number of hydrogen-bond donors (Lipinski definition) is 2. The molecule has 0 spiro atoms. The largest absolute Gasteiger partial charge is 0.369 e. The van der Waals surface area contributed by atoms with Crippen LogP contribution in [0.15, 0.2) is 18.2 Å². The Bertz CT molecular complexity index is 633. The highest BCUT2D eigenvalue weighted by Gasteiger charge is 2.42. The molecule has 2 aliphatic rings. The van der Waals surface area contributed by atoms with E-state index >= 15 is 0 Å². The van der Waals surface area contributed by atoms with Crippen LogP contribution in [0, 0.1) is 12.7 Å². The van der Waals surface area contributed by atoms with Crippen molar-refractivity contribution in [2.75, 3.05) is 24.5 Å². The number of aryl methyl sites for hydroxylation is 1. The molecule has 2 heterocycles. The fourth-order valence-electron chi connectivity index (χ4n) is 3.49. The Labute approximate surface area is 163 Å². The molecule has 0 aromatic heterocycles. The zero-order valence-electron chi connectivity index (χ0n) is 14.4. The highest BCUT2D eigenvalue weighted by Crippen LogP contribution is 2.26. The maximum atomic E-state index is 13.3. The standard InChI is InChI=1S/C17H22F3N3O.2ClH/c1-11-7-12(18)4-5-15(11)23-6-2-3-13(9-23)22-16(24)14-8-17(19,20)10-21-14;;/h4-5,7,13-14,21H,2-3,6,8-10H2,1H3,(H,22,24);2*1H. The third-order valence-corrected chi connectivity index (χ3v) is 4.69. The molecule has 1 aromatic rings. The highest BCUT2D eigenvalue weighted by molar-refractivity contribution is 5.85. The predicted molar refractivity (Wildman–Crippen MR) is 100 cm³/mol. The number of hydrogen-bond acceptors (Lipinski definition) is 3. The number of amides is 1. The molecule has 1 amide bonds. The van der Waals surface area contributed by atoms with E-state index in [0.717, 1.165) is 30.6 Å². The van der Waals surface area contributed by atoms with Gasteiger partial charge in [0.15, 0.2) is 0 Å². The number of piperidine rings is 1. The summed E-state index contributed by atoms with van der Waals surface area (Å²) < 4.78 is 39.7. The first kappa shape index (κ1) is 22.9. The third kappa shape index (κ3) is 5.41. The van der Waals surface area contributed by atoms with Crippen LogP contribution in [-0.2, 0) is 4.79 Å². The molecule has 148 valence electrons. The highest BCUT2D eigenvalue weighted by atomic mass is 35.5. The van der Waals surface area contributed by atoms with E-state index in [4.69, 9.17) is 0 Å². The molecule has 3 rings (SSSR count). The van der Waals surface area contributed by atoms with Gasteiger partial charge in [0.05, 0.1) is 12.6 Å². The maximum absolute atomic E-state index is 13.3. The number of rotatable bonds is 3. The molecule has 2 saturated heterocycles. The van der Waals surface area contributed by atoms with E-state index in [9.17, 15) is 18.0 Å². The lowest BCUT2D eigenvalue weighted by Gasteiger charge is -2.36. The van der Waals surface area contributed by atoms with Crippen molar-refractivity contribution in [2.45, 2.75) is 44.2 Å². The van der Waals surface area contributed by atoms with Crippen LogP contribution in [0.2, 0.25) is 0 Å². The Hall–Kier alpha value is -1.18. The molecule has 2 N–H and O–H groups in total. The number of benzene rings is 1. The normalized spacial score (nSPS) is 24.4. The van der Waals surface area contributed by atoms with Crippen LogP contribution < -0.4 is 15.5 Å².